The van der Waals surface area contributed by atoms with Crippen LogP contribution in [-0.2, 0) is 4.74 Å². The van der Waals surface area contributed by atoms with E-state index in [1.54, 1.807) is 12.2 Å². The fourth-order valence-electron chi connectivity index (χ4n) is 1.42. The minimum Gasteiger partial charge on any atom is -0.381 e. The molecule has 2 rings (SSSR count). The molecule has 0 aliphatic carbocycles. The number of halogens is 1. The fourth-order valence-corrected chi connectivity index (χ4v) is 1.42. The Morgan fingerprint density at radius 3 is 2.94 bits per heavy atom. The van der Waals surface area contributed by atoms with Crippen molar-refractivity contribution in [3.63, 3.8) is 0 Å². The zero-order valence-electron chi connectivity index (χ0n) is 8.34. The molecule has 7 heteroatoms. The third-order valence-corrected chi connectivity index (χ3v) is 2.25. The number of nitrogen functional groups attached to an aromatic ring is 1. The summed E-state index contributed by atoms with van der Waals surface area (Å²) in [6, 6.07) is 0. The van der Waals surface area contributed by atoms with Crippen molar-refractivity contribution in [1.29, 1.82) is 0 Å². The number of nitrogens with zero attached hydrogens (tertiary/aromatic N) is 2. The van der Waals surface area contributed by atoms with Crippen molar-refractivity contribution >= 4 is 5.82 Å². The van der Waals surface area contributed by atoms with Crippen LogP contribution < -0.4 is 17.2 Å². The maximum atomic E-state index is 13.1. The van der Waals surface area contributed by atoms with E-state index >= 15 is 0 Å². The van der Waals surface area contributed by atoms with Gasteiger partial charge in [-0.25, -0.2) is 9.18 Å². The van der Waals surface area contributed by atoms with Crippen LogP contribution in [0.15, 0.2) is 23.1 Å². The Bertz CT molecular complexity index is 485. The highest BCUT2D eigenvalue weighted by atomic mass is 19.1. The molecule has 0 bridgehead atoms. The Kier molecular flexibility index (Phi) is 2.71. The molecule has 0 fully saturated rings. The molecule has 16 heavy (non-hydrogen) atoms. The van der Waals surface area contributed by atoms with Crippen LogP contribution in [0.5, 0.6) is 0 Å². The standard InChI is InChI=1S/C9H11FN4O2/c10-6-4-14(9(15)13-8(6)12)7-2-1-5(3-11)16-7/h1-2,4-5,7H,3,11H2,(H2,12,13,15)/t5-,7+/m0/s1. The van der Waals surface area contributed by atoms with Crippen LogP contribution in [-0.4, -0.2) is 22.2 Å². The number of anilines is 1. The van der Waals surface area contributed by atoms with Crippen LogP contribution in [0, 0.1) is 5.82 Å². The summed E-state index contributed by atoms with van der Waals surface area (Å²) >= 11 is 0. The van der Waals surface area contributed by atoms with E-state index in [1.165, 1.54) is 0 Å². The van der Waals surface area contributed by atoms with E-state index in [0.717, 1.165) is 10.8 Å². The van der Waals surface area contributed by atoms with E-state index in [-0.39, 0.29) is 6.10 Å². The van der Waals surface area contributed by atoms with Crippen LogP contribution in [0.25, 0.3) is 0 Å². The molecule has 0 aromatic carbocycles. The number of rotatable bonds is 2. The second-order valence-electron chi connectivity index (χ2n) is 3.35. The molecule has 2 heterocycles. The largest absolute Gasteiger partial charge is 0.381 e. The van der Waals surface area contributed by atoms with Gasteiger partial charge < -0.3 is 16.2 Å². The maximum Gasteiger partial charge on any atom is 0.352 e. The second kappa shape index (κ2) is 4.03. The topological polar surface area (TPSA) is 96.2 Å². The summed E-state index contributed by atoms with van der Waals surface area (Å²) in [5.41, 5.74) is 9.90. The van der Waals surface area contributed by atoms with E-state index in [9.17, 15) is 9.18 Å². The van der Waals surface area contributed by atoms with Crippen molar-refractivity contribution in [2.75, 3.05) is 12.3 Å². The molecule has 4 N–H and O–H groups in total. The first kappa shape index (κ1) is 10.8. The zero-order valence-corrected chi connectivity index (χ0v) is 8.34. The minimum absolute atomic E-state index is 0.266. The summed E-state index contributed by atoms with van der Waals surface area (Å²) in [6.45, 7) is 0.298. The van der Waals surface area contributed by atoms with Crippen molar-refractivity contribution in [2.45, 2.75) is 12.3 Å². The van der Waals surface area contributed by atoms with Gasteiger partial charge in [-0.05, 0) is 6.08 Å². The quantitative estimate of drug-likeness (QED) is 0.655. The molecule has 0 saturated heterocycles. The van der Waals surface area contributed by atoms with Gasteiger partial charge in [-0.1, -0.05) is 6.08 Å². The van der Waals surface area contributed by atoms with E-state index < -0.39 is 23.6 Å². The van der Waals surface area contributed by atoms with Gasteiger partial charge in [-0.15, -0.1) is 0 Å². The maximum absolute atomic E-state index is 13.1. The van der Waals surface area contributed by atoms with Crippen LogP contribution in [0.3, 0.4) is 0 Å². The van der Waals surface area contributed by atoms with Gasteiger partial charge in [0.2, 0.25) is 0 Å². The lowest BCUT2D eigenvalue weighted by atomic mass is 10.3. The molecule has 1 aliphatic heterocycles. The highest BCUT2D eigenvalue weighted by Gasteiger charge is 2.21. The summed E-state index contributed by atoms with van der Waals surface area (Å²) in [4.78, 5) is 14.8. The first-order valence-electron chi connectivity index (χ1n) is 4.70. The molecule has 0 amide bonds. The first-order valence-corrected chi connectivity index (χ1v) is 4.70. The molecule has 1 aromatic heterocycles. The summed E-state index contributed by atoms with van der Waals surface area (Å²) in [7, 11) is 0. The van der Waals surface area contributed by atoms with E-state index in [0.29, 0.717) is 6.54 Å². The smallest absolute Gasteiger partial charge is 0.352 e. The summed E-state index contributed by atoms with van der Waals surface area (Å²) < 4.78 is 19.5. The lowest BCUT2D eigenvalue weighted by molar-refractivity contribution is 0.0194. The highest BCUT2D eigenvalue weighted by molar-refractivity contribution is 5.26. The third-order valence-electron chi connectivity index (χ3n) is 2.25. The SMILES string of the molecule is NC[C@@H]1C=C[C@H](n2cc(F)c(N)nc2=O)O1. The molecule has 6 nitrogen and oxygen atoms in total. The highest BCUT2D eigenvalue weighted by Crippen LogP contribution is 2.19. The number of nitrogens with two attached hydrogens (primary N) is 2. The average molecular weight is 226 g/mol. The van der Waals surface area contributed by atoms with Gasteiger partial charge in [0.05, 0.1) is 12.3 Å². The van der Waals surface area contributed by atoms with Gasteiger partial charge >= 0.3 is 5.69 Å². The third kappa shape index (κ3) is 1.82. The van der Waals surface area contributed by atoms with Crippen LogP contribution in [0.2, 0.25) is 0 Å². The number of ether oxygens (including phenoxy) is 1. The van der Waals surface area contributed by atoms with Gasteiger partial charge in [0.15, 0.2) is 17.9 Å². The first-order chi connectivity index (χ1) is 7.61. The predicted molar refractivity (Wildman–Crippen MR) is 55.0 cm³/mol. The van der Waals surface area contributed by atoms with E-state index in [1.807, 2.05) is 0 Å². The van der Waals surface area contributed by atoms with Crippen molar-refractivity contribution in [3.8, 4) is 0 Å². The number of hydrogen-bond acceptors (Lipinski definition) is 5. The Balaban J connectivity index is 2.33. The van der Waals surface area contributed by atoms with Crippen molar-refractivity contribution in [3.05, 3.63) is 34.7 Å². The molecular weight excluding hydrogens is 215 g/mol. The van der Waals surface area contributed by atoms with Crippen LogP contribution >= 0.6 is 0 Å². The zero-order chi connectivity index (χ0) is 11.7. The van der Waals surface area contributed by atoms with Gasteiger partial charge in [-0.2, -0.15) is 4.98 Å². The summed E-state index contributed by atoms with van der Waals surface area (Å²) in [5, 5.41) is 0. The second-order valence-corrected chi connectivity index (χ2v) is 3.35. The van der Waals surface area contributed by atoms with Gasteiger partial charge in [0.25, 0.3) is 0 Å². The molecule has 0 spiro atoms. The van der Waals surface area contributed by atoms with E-state index in [2.05, 4.69) is 4.98 Å². The summed E-state index contributed by atoms with van der Waals surface area (Å²) in [5.74, 6) is -1.17. The Hall–Kier alpha value is -1.73. The monoisotopic (exact) mass is 226 g/mol. The molecular formula is C9H11FN4O2. The molecule has 1 aliphatic rings. The van der Waals surface area contributed by atoms with Gasteiger partial charge in [0.1, 0.15) is 0 Å². The molecule has 0 radical (unpaired) electrons. The average Bonchev–Trinajstić information content (AvgIpc) is 2.71. The molecule has 0 saturated carbocycles. The Morgan fingerprint density at radius 1 is 1.56 bits per heavy atom. The lowest BCUT2D eigenvalue weighted by Crippen LogP contribution is -2.29. The van der Waals surface area contributed by atoms with Crippen LogP contribution in [0.4, 0.5) is 10.2 Å². The van der Waals surface area contributed by atoms with Crippen molar-refractivity contribution in [2.24, 2.45) is 5.73 Å². The minimum atomic E-state index is -0.757. The predicted octanol–water partition coefficient (Wildman–Crippen LogP) is -0.623. The van der Waals surface area contributed by atoms with Gasteiger partial charge in [0, 0.05) is 6.54 Å². The van der Waals surface area contributed by atoms with E-state index in [4.69, 9.17) is 16.2 Å². The van der Waals surface area contributed by atoms with Crippen molar-refractivity contribution < 1.29 is 9.13 Å². The fraction of sp³-hybridized carbons (Fsp3) is 0.333. The van der Waals surface area contributed by atoms with Crippen molar-refractivity contribution in [1.82, 2.24) is 9.55 Å². The molecule has 2 atom stereocenters. The molecule has 86 valence electrons. The number of aromatic nitrogens is 2. The summed E-state index contributed by atoms with van der Waals surface area (Å²) in [6.07, 6.45) is 3.36. The Labute approximate surface area is 90.3 Å². The lowest BCUT2D eigenvalue weighted by Gasteiger charge is -2.14. The normalized spacial score (nSPS) is 23.9. The molecule has 1 aromatic rings. The van der Waals surface area contributed by atoms with Gasteiger partial charge in [-0.3, -0.25) is 4.57 Å². The Morgan fingerprint density at radius 2 is 2.31 bits per heavy atom. The molecule has 0 unspecified atom stereocenters. The van der Waals surface area contributed by atoms with Crippen LogP contribution in [0.1, 0.15) is 6.23 Å². The number of hydrogen-bond donors (Lipinski definition) is 2.